The van der Waals surface area contributed by atoms with Crippen LogP contribution >= 0.6 is 0 Å². The van der Waals surface area contributed by atoms with Gasteiger partial charge in [0.25, 0.3) is 0 Å². The van der Waals surface area contributed by atoms with Gasteiger partial charge < -0.3 is 9.80 Å². The summed E-state index contributed by atoms with van der Waals surface area (Å²) in [6, 6.07) is 0. The van der Waals surface area contributed by atoms with Crippen molar-refractivity contribution in [2.45, 2.75) is 156 Å². The van der Waals surface area contributed by atoms with Crippen LogP contribution in [0.3, 0.4) is 0 Å². The monoisotopic (exact) mass is 434 g/mol. The third kappa shape index (κ3) is 14.2. The molecule has 0 saturated carbocycles. The van der Waals surface area contributed by atoms with Crippen LogP contribution in [0.1, 0.15) is 150 Å². The smallest absolute Gasteiger partial charge is 0.103 e. The maximum absolute atomic E-state index is 2.63. The average Bonchev–Trinajstić information content (AvgIpc) is 3.17. The van der Waals surface area contributed by atoms with Crippen molar-refractivity contribution in [1.29, 1.82) is 0 Å². The Bertz CT molecular complexity index is 404. The maximum atomic E-state index is 2.63. The Morgan fingerprint density at radius 3 is 1.06 bits per heavy atom. The fourth-order valence-electron chi connectivity index (χ4n) is 5.10. The van der Waals surface area contributed by atoms with Gasteiger partial charge in [-0.15, -0.1) is 0 Å². The van der Waals surface area contributed by atoms with E-state index in [4.69, 9.17) is 0 Å². The van der Waals surface area contributed by atoms with Crippen molar-refractivity contribution >= 4 is 0 Å². The molecule has 31 heavy (non-hydrogen) atoms. The highest BCUT2D eigenvalue weighted by molar-refractivity contribution is 4.98. The van der Waals surface area contributed by atoms with Gasteiger partial charge in [0.15, 0.2) is 0 Å². The van der Waals surface area contributed by atoms with Gasteiger partial charge in [0.1, 0.15) is 6.17 Å². The van der Waals surface area contributed by atoms with E-state index in [0.717, 1.165) is 0 Å². The Labute approximate surface area is 197 Å². The van der Waals surface area contributed by atoms with E-state index >= 15 is 0 Å². The number of unbranched alkanes of at least 4 members (excludes halogenated alkanes) is 17. The van der Waals surface area contributed by atoms with Gasteiger partial charge in [-0.1, -0.05) is 137 Å². The van der Waals surface area contributed by atoms with Gasteiger partial charge in [-0.25, -0.2) is 0 Å². The summed E-state index contributed by atoms with van der Waals surface area (Å²) >= 11 is 0. The quantitative estimate of drug-likeness (QED) is 0.156. The topological polar surface area (TPSA) is 6.48 Å². The molecule has 1 aliphatic rings. The Morgan fingerprint density at radius 1 is 0.484 bits per heavy atom. The molecule has 1 aliphatic heterocycles. The Hall–Kier alpha value is -0.660. The molecule has 184 valence electrons. The van der Waals surface area contributed by atoms with Crippen LogP contribution < -0.4 is 0 Å². The predicted molar refractivity (Wildman–Crippen MR) is 140 cm³/mol. The fraction of sp³-hybridized carbons (Fsp3) is 0.931. The molecule has 0 spiro atoms. The summed E-state index contributed by atoms with van der Waals surface area (Å²) in [5.74, 6) is 0.692. The second-order valence-corrected chi connectivity index (χ2v) is 10.4. The van der Waals surface area contributed by atoms with Gasteiger partial charge in [0, 0.05) is 25.5 Å². The molecule has 0 saturated heterocycles. The first-order chi connectivity index (χ1) is 15.2. The average molecular weight is 435 g/mol. The zero-order valence-electron chi connectivity index (χ0n) is 22.1. The van der Waals surface area contributed by atoms with Crippen molar-refractivity contribution in [3.8, 4) is 0 Å². The standard InChI is InChI=1S/C29H58N2/c1-5-7-9-11-13-14-15-16-17-18-19-21-23-25-31-27-26-30(29(31)28(3)4)24-22-20-12-10-8-6-2/h26-29H,5-25H2,1-4H3. The molecule has 0 aromatic carbocycles. The summed E-state index contributed by atoms with van der Waals surface area (Å²) in [5.41, 5.74) is 0. The molecule has 0 aliphatic carbocycles. The van der Waals surface area contributed by atoms with Gasteiger partial charge in [0.05, 0.1) is 0 Å². The third-order valence-corrected chi connectivity index (χ3v) is 7.02. The highest BCUT2D eigenvalue weighted by Gasteiger charge is 2.28. The lowest BCUT2D eigenvalue weighted by atomic mass is 10.0. The zero-order chi connectivity index (χ0) is 22.6. The van der Waals surface area contributed by atoms with Gasteiger partial charge in [-0.3, -0.25) is 0 Å². The van der Waals surface area contributed by atoms with Crippen LogP contribution in [0.4, 0.5) is 0 Å². The lowest BCUT2D eigenvalue weighted by Gasteiger charge is -2.36. The highest BCUT2D eigenvalue weighted by Crippen LogP contribution is 2.24. The molecule has 2 heteroatoms. The van der Waals surface area contributed by atoms with Crippen LogP contribution in [0.15, 0.2) is 12.4 Å². The van der Waals surface area contributed by atoms with E-state index in [-0.39, 0.29) is 0 Å². The lowest BCUT2D eigenvalue weighted by molar-refractivity contribution is 0.104. The van der Waals surface area contributed by atoms with E-state index in [0.29, 0.717) is 12.1 Å². The first-order valence-electron chi connectivity index (χ1n) is 14.4. The second kappa shape index (κ2) is 20.0. The predicted octanol–water partition coefficient (Wildman–Crippen LogP) is 9.51. The van der Waals surface area contributed by atoms with Crippen LogP contribution in [0.5, 0.6) is 0 Å². The highest BCUT2D eigenvalue weighted by atomic mass is 15.4. The molecule has 0 N–H and O–H groups in total. The van der Waals surface area contributed by atoms with Crippen LogP contribution in [0, 0.1) is 5.92 Å². The molecular formula is C29H58N2. The van der Waals surface area contributed by atoms with Gasteiger partial charge in [-0.05, 0) is 18.8 Å². The van der Waals surface area contributed by atoms with Gasteiger partial charge in [0.2, 0.25) is 0 Å². The van der Waals surface area contributed by atoms with Crippen molar-refractivity contribution in [3.05, 3.63) is 12.4 Å². The molecule has 1 unspecified atom stereocenters. The number of hydrogen-bond donors (Lipinski definition) is 0. The minimum atomic E-state index is 0.591. The third-order valence-electron chi connectivity index (χ3n) is 7.02. The number of hydrogen-bond acceptors (Lipinski definition) is 2. The van der Waals surface area contributed by atoms with Crippen molar-refractivity contribution in [3.63, 3.8) is 0 Å². The fourth-order valence-corrected chi connectivity index (χ4v) is 5.10. The molecule has 0 amide bonds. The zero-order valence-corrected chi connectivity index (χ0v) is 22.1. The summed E-state index contributed by atoms with van der Waals surface area (Å²) in [6.45, 7) is 11.9. The maximum Gasteiger partial charge on any atom is 0.103 e. The van der Waals surface area contributed by atoms with E-state index in [2.05, 4.69) is 49.9 Å². The van der Waals surface area contributed by atoms with Crippen LogP contribution in [-0.2, 0) is 0 Å². The molecule has 0 aromatic heterocycles. The van der Waals surface area contributed by atoms with Crippen LogP contribution in [0.2, 0.25) is 0 Å². The first-order valence-corrected chi connectivity index (χ1v) is 14.4. The van der Waals surface area contributed by atoms with Crippen molar-refractivity contribution in [2.24, 2.45) is 5.92 Å². The molecular weight excluding hydrogens is 376 g/mol. The molecule has 0 radical (unpaired) electrons. The van der Waals surface area contributed by atoms with Crippen molar-refractivity contribution in [2.75, 3.05) is 13.1 Å². The van der Waals surface area contributed by atoms with E-state index < -0.39 is 0 Å². The van der Waals surface area contributed by atoms with E-state index in [9.17, 15) is 0 Å². The minimum Gasteiger partial charge on any atom is -0.356 e. The van der Waals surface area contributed by atoms with Gasteiger partial charge >= 0.3 is 0 Å². The summed E-state index contributed by atoms with van der Waals surface area (Å²) in [7, 11) is 0. The summed E-state index contributed by atoms with van der Waals surface area (Å²) in [5, 5.41) is 0. The lowest BCUT2D eigenvalue weighted by Crippen LogP contribution is -2.43. The number of rotatable bonds is 22. The largest absolute Gasteiger partial charge is 0.356 e. The van der Waals surface area contributed by atoms with E-state index in [1.54, 1.807) is 0 Å². The molecule has 1 rings (SSSR count). The Balaban J connectivity index is 2.02. The summed E-state index contributed by atoms with van der Waals surface area (Å²) in [4.78, 5) is 5.24. The molecule has 0 fully saturated rings. The molecule has 2 nitrogen and oxygen atoms in total. The number of nitrogens with zero attached hydrogens (tertiary/aromatic N) is 2. The van der Waals surface area contributed by atoms with Gasteiger partial charge in [-0.2, -0.15) is 0 Å². The summed E-state index contributed by atoms with van der Waals surface area (Å²) < 4.78 is 0. The van der Waals surface area contributed by atoms with E-state index in [1.807, 2.05) is 0 Å². The molecule has 0 bridgehead atoms. The van der Waals surface area contributed by atoms with Crippen molar-refractivity contribution in [1.82, 2.24) is 9.80 Å². The van der Waals surface area contributed by atoms with Crippen LogP contribution in [-0.4, -0.2) is 29.1 Å². The molecule has 1 atom stereocenters. The second-order valence-electron chi connectivity index (χ2n) is 10.4. The van der Waals surface area contributed by atoms with Crippen LogP contribution in [0.25, 0.3) is 0 Å². The van der Waals surface area contributed by atoms with Crippen molar-refractivity contribution < 1.29 is 0 Å². The van der Waals surface area contributed by atoms with E-state index in [1.165, 1.54) is 135 Å². The SMILES string of the molecule is CCCCCCCCCCCCCCCN1C=CN(CCCCCCCC)C1C(C)C. The first kappa shape index (κ1) is 28.4. The Morgan fingerprint density at radius 2 is 0.774 bits per heavy atom. The minimum absolute atomic E-state index is 0.591. The molecule has 0 aromatic rings. The normalized spacial score (nSPS) is 16.2. The summed E-state index contributed by atoms with van der Waals surface area (Å²) in [6.07, 6.45) is 32.4. The Kier molecular flexibility index (Phi) is 18.3. The molecule has 1 heterocycles.